The quantitative estimate of drug-likeness (QED) is 0.841. The Morgan fingerprint density at radius 2 is 2.09 bits per heavy atom. The summed E-state index contributed by atoms with van der Waals surface area (Å²) in [5.74, 6) is -0.215. The summed E-state index contributed by atoms with van der Waals surface area (Å²) >= 11 is 0. The van der Waals surface area contributed by atoms with Crippen molar-refractivity contribution in [2.24, 2.45) is 5.92 Å². The van der Waals surface area contributed by atoms with Gasteiger partial charge in [0.1, 0.15) is 11.5 Å². The van der Waals surface area contributed by atoms with E-state index in [1.165, 1.54) is 6.08 Å². The molecule has 2 rings (SSSR count). The number of carbonyl (C=O) groups excluding carboxylic acids is 1. The van der Waals surface area contributed by atoms with Gasteiger partial charge in [0.15, 0.2) is 0 Å². The molecule has 0 unspecified atom stereocenters. The third-order valence-corrected chi connectivity index (χ3v) is 3.92. The lowest BCUT2D eigenvalue weighted by Gasteiger charge is -2.29. The molecule has 6 heteroatoms. The lowest BCUT2D eigenvalue weighted by Crippen LogP contribution is -2.41. The van der Waals surface area contributed by atoms with Crippen molar-refractivity contribution < 1.29 is 24.2 Å². The van der Waals surface area contributed by atoms with Gasteiger partial charge in [-0.1, -0.05) is 0 Å². The topological polar surface area (TPSA) is 76.1 Å². The molecule has 1 amide bonds. The number of hydrogen-bond acceptors (Lipinski definition) is 4. The molecule has 0 radical (unpaired) electrons. The zero-order valence-corrected chi connectivity index (χ0v) is 13.3. The van der Waals surface area contributed by atoms with Crippen LogP contribution in [0.15, 0.2) is 24.3 Å². The van der Waals surface area contributed by atoms with Crippen molar-refractivity contribution in [1.29, 1.82) is 0 Å². The Balaban J connectivity index is 2.10. The first-order valence-electron chi connectivity index (χ1n) is 7.47. The van der Waals surface area contributed by atoms with E-state index in [-0.39, 0.29) is 12.5 Å². The molecule has 1 aliphatic heterocycles. The minimum Gasteiger partial charge on any atom is -0.497 e. The molecule has 0 bridgehead atoms. The van der Waals surface area contributed by atoms with Gasteiger partial charge in [-0.05, 0) is 37.1 Å². The molecule has 0 aliphatic carbocycles. The molecule has 1 N–H and O–H groups in total. The molecule has 1 aromatic rings. The van der Waals surface area contributed by atoms with E-state index in [1.54, 1.807) is 43.4 Å². The Morgan fingerprint density at radius 1 is 1.30 bits per heavy atom. The number of carboxylic acid groups (broad SMARTS) is 1. The van der Waals surface area contributed by atoms with E-state index >= 15 is 0 Å². The lowest BCUT2D eigenvalue weighted by molar-refractivity contribution is -0.144. The van der Waals surface area contributed by atoms with Gasteiger partial charge in [-0.25, -0.2) is 0 Å². The summed E-state index contributed by atoms with van der Waals surface area (Å²) in [6, 6.07) is 5.32. The van der Waals surface area contributed by atoms with E-state index in [0.717, 1.165) is 5.56 Å². The Bertz CT molecular complexity index is 611. The van der Waals surface area contributed by atoms with E-state index in [9.17, 15) is 9.59 Å². The zero-order valence-electron chi connectivity index (χ0n) is 13.3. The second-order valence-electron chi connectivity index (χ2n) is 5.40. The van der Waals surface area contributed by atoms with Crippen molar-refractivity contribution >= 4 is 18.0 Å². The number of piperidine rings is 1. The van der Waals surface area contributed by atoms with Gasteiger partial charge in [0.25, 0.3) is 0 Å². The number of methoxy groups -OCH3 is 2. The van der Waals surface area contributed by atoms with Crippen molar-refractivity contribution in [3.05, 3.63) is 29.8 Å². The van der Waals surface area contributed by atoms with Crippen molar-refractivity contribution in [3.8, 4) is 11.5 Å². The molecule has 6 nitrogen and oxygen atoms in total. The van der Waals surface area contributed by atoms with E-state index in [4.69, 9.17) is 14.6 Å². The number of amides is 1. The van der Waals surface area contributed by atoms with Crippen LogP contribution in [0.5, 0.6) is 11.5 Å². The number of rotatable bonds is 5. The fourth-order valence-corrected chi connectivity index (χ4v) is 2.62. The standard InChI is InChI=1S/C17H21NO5/c1-22-14-6-7-15(23-2)12(10-14)5-8-16(19)18-9-3-4-13(11-18)17(20)21/h5-8,10,13H,3-4,9,11H2,1-2H3,(H,20,21)/b8-5+/t13-/m1/s1. The minimum atomic E-state index is -0.846. The summed E-state index contributed by atoms with van der Waals surface area (Å²) < 4.78 is 10.4. The fourth-order valence-electron chi connectivity index (χ4n) is 2.62. The summed E-state index contributed by atoms with van der Waals surface area (Å²) in [6.45, 7) is 0.843. The number of ether oxygens (including phenoxy) is 2. The monoisotopic (exact) mass is 319 g/mol. The number of nitrogens with zero attached hydrogens (tertiary/aromatic N) is 1. The highest BCUT2D eigenvalue weighted by Crippen LogP contribution is 2.25. The molecule has 0 aromatic heterocycles. The highest BCUT2D eigenvalue weighted by Gasteiger charge is 2.27. The number of carboxylic acids is 1. The first-order chi connectivity index (χ1) is 11.0. The first kappa shape index (κ1) is 16.9. The van der Waals surface area contributed by atoms with Gasteiger partial charge >= 0.3 is 5.97 Å². The molecular formula is C17H21NO5. The summed E-state index contributed by atoms with van der Waals surface area (Å²) in [4.78, 5) is 24.9. The van der Waals surface area contributed by atoms with Crippen LogP contribution < -0.4 is 9.47 Å². The molecule has 0 spiro atoms. The van der Waals surface area contributed by atoms with Gasteiger partial charge in [-0.15, -0.1) is 0 Å². The Hall–Kier alpha value is -2.50. The van der Waals surface area contributed by atoms with Crippen molar-refractivity contribution in [2.75, 3.05) is 27.3 Å². The average Bonchev–Trinajstić information content (AvgIpc) is 2.59. The maximum Gasteiger partial charge on any atom is 0.308 e. The molecule has 23 heavy (non-hydrogen) atoms. The third-order valence-electron chi connectivity index (χ3n) is 3.92. The van der Waals surface area contributed by atoms with E-state index in [1.807, 2.05) is 0 Å². The van der Waals surface area contributed by atoms with Gasteiger partial charge in [-0.3, -0.25) is 9.59 Å². The molecule has 1 saturated heterocycles. The third kappa shape index (κ3) is 4.25. The summed E-state index contributed by atoms with van der Waals surface area (Å²) in [5.41, 5.74) is 0.729. The normalized spacial score (nSPS) is 18.0. The van der Waals surface area contributed by atoms with Gasteiger partial charge < -0.3 is 19.5 Å². The van der Waals surface area contributed by atoms with E-state index in [2.05, 4.69) is 0 Å². The largest absolute Gasteiger partial charge is 0.497 e. The number of carbonyl (C=O) groups is 2. The fraction of sp³-hybridized carbons (Fsp3) is 0.412. The smallest absolute Gasteiger partial charge is 0.308 e. The summed E-state index contributed by atoms with van der Waals surface area (Å²) in [7, 11) is 3.13. The maximum atomic E-state index is 12.3. The molecule has 1 atom stereocenters. The van der Waals surface area contributed by atoms with Crippen LogP contribution in [0.1, 0.15) is 18.4 Å². The SMILES string of the molecule is COc1ccc(OC)c(/C=C/C(=O)N2CCC[C@@H](C(=O)O)C2)c1. The highest BCUT2D eigenvalue weighted by molar-refractivity contribution is 5.92. The first-order valence-corrected chi connectivity index (χ1v) is 7.47. The van der Waals surface area contributed by atoms with Gasteiger partial charge in [0, 0.05) is 24.7 Å². The summed E-state index contributed by atoms with van der Waals surface area (Å²) in [5, 5.41) is 9.09. The second-order valence-corrected chi connectivity index (χ2v) is 5.40. The zero-order chi connectivity index (χ0) is 16.8. The molecule has 0 saturated carbocycles. The molecule has 1 aromatic carbocycles. The van der Waals surface area contributed by atoms with Crippen LogP contribution in [-0.2, 0) is 9.59 Å². The van der Waals surface area contributed by atoms with Crippen molar-refractivity contribution in [3.63, 3.8) is 0 Å². The van der Waals surface area contributed by atoms with Crippen LogP contribution in [0.4, 0.5) is 0 Å². The molecule has 1 fully saturated rings. The van der Waals surface area contributed by atoms with Crippen LogP contribution in [0, 0.1) is 5.92 Å². The molecular weight excluding hydrogens is 298 g/mol. The average molecular weight is 319 g/mol. The van der Waals surface area contributed by atoms with Crippen LogP contribution >= 0.6 is 0 Å². The Labute approximate surface area is 135 Å². The van der Waals surface area contributed by atoms with Crippen LogP contribution in [0.25, 0.3) is 6.08 Å². The van der Waals surface area contributed by atoms with Gasteiger partial charge in [-0.2, -0.15) is 0 Å². The number of benzene rings is 1. The highest BCUT2D eigenvalue weighted by atomic mass is 16.5. The minimum absolute atomic E-state index is 0.194. The van der Waals surface area contributed by atoms with E-state index in [0.29, 0.717) is 30.9 Å². The van der Waals surface area contributed by atoms with Crippen LogP contribution in [0.2, 0.25) is 0 Å². The predicted molar refractivity (Wildman–Crippen MR) is 85.5 cm³/mol. The van der Waals surface area contributed by atoms with Crippen LogP contribution in [-0.4, -0.2) is 49.2 Å². The summed E-state index contributed by atoms with van der Waals surface area (Å²) in [6.07, 6.45) is 4.43. The number of likely N-dealkylation sites (tertiary alicyclic amines) is 1. The lowest BCUT2D eigenvalue weighted by atomic mass is 9.98. The predicted octanol–water partition coefficient (Wildman–Crippen LogP) is 2.04. The van der Waals surface area contributed by atoms with Crippen LogP contribution in [0.3, 0.4) is 0 Å². The molecule has 1 heterocycles. The maximum absolute atomic E-state index is 12.3. The Kier molecular flexibility index (Phi) is 5.62. The van der Waals surface area contributed by atoms with Gasteiger partial charge in [0.05, 0.1) is 20.1 Å². The Morgan fingerprint density at radius 3 is 2.74 bits per heavy atom. The number of hydrogen-bond donors (Lipinski definition) is 1. The van der Waals surface area contributed by atoms with Crippen molar-refractivity contribution in [2.45, 2.75) is 12.8 Å². The van der Waals surface area contributed by atoms with Crippen molar-refractivity contribution in [1.82, 2.24) is 4.90 Å². The van der Waals surface area contributed by atoms with Gasteiger partial charge in [0.2, 0.25) is 5.91 Å². The molecule has 1 aliphatic rings. The molecule has 124 valence electrons. The van der Waals surface area contributed by atoms with E-state index < -0.39 is 11.9 Å². The second kappa shape index (κ2) is 7.67. The number of aliphatic carboxylic acids is 1.